The Morgan fingerprint density at radius 3 is 2.65 bits per heavy atom. The van der Waals surface area contributed by atoms with E-state index >= 15 is 0 Å². The first kappa shape index (κ1) is 14.7. The zero-order chi connectivity index (χ0) is 14.8. The third-order valence-corrected chi connectivity index (χ3v) is 4.67. The van der Waals surface area contributed by atoms with Crippen LogP contribution in [0.15, 0.2) is 35.7 Å². The highest BCUT2D eigenvalue weighted by Crippen LogP contribution is 2.15. The van der Waals surface area contributed by atoms with Crippen molar-refractivity contribution in [1.29, 1.82) is 0 Å². The Bertz CT molecular complexity index is 680. The van der Waals surface area contributed by atoms with Crippen molar-refractivity contribution in [1.82, 2.24) is 19.5 Å². The van der Waals surface area contributed by atoms with E-state index in [0.29, 0.717) is 0 Å². The molecule has 1 atom stereocenters. The molecular formula is C13H18N4O2S. The second-order valence-electron chi connectivity index (χ2n) is 4.82. The molecule has 0 aliphatic carbocycles. The van der Waals surface area contributed by atoms with Crippen molar-refractivity contribution in [3.63, 3.8) is 0 Å². The Morgan fingerprint density at radius 2 is 2.05 bits per heavy atom. The number of aryl methyl sites for hydroxylation is 2. The first-order chi connectivity index (χ1) is 9.40. The lowest BCUT2D eigenvalue weighted by Crippen LogP contribution is -2.30. The molecule has 108 valence electrons. The zero-order valence-corrected chi connectivity index (χ0v) is 12.6. The molecule has 0 aliphatic heterocycles. The summed E-state index contributed by atoms with van der Waals surface area (Å²) in [6, 6.07) is 5.01. The topological polar surface area (TPSA) is 76.9 Å². The summed E-state index contributed by atoms with van der Waals surface area (Å²) >= 11 is 0. The van der Waals surface area contributed by atoms with Crippen LogP contribution in [0.4, 0.5) is 0 Å². The molecule has 0 aliphatic rings. The Kier molecular flexibility index (Phi) is 4.20. The predicted molar refractivity (Wildman–Crippen MR) is 75.8 cm³/mol. The first-order valence-electron chi connectivity index (χ1n) is 6.31. The van der Waals surface area contributed by atoms with E-state index in [2.05, 4.69) is 14.8 Å². The lowest BCUT2D eigenvalue weighted by atomic mass is 10.1. The molecule has 7 heteroatoms. The van der Waals surface area contributed by atoms with Crippen LogP contribution in [0.1, 0.15) is 24.1 Å². The summed E-state index contributed by atoms with van der Waals surface area (Å²) < 4.78 is 28.6. The van der Waals surface area contributed by atoms with Crippen LogP contribution in [0.25, 0.3) is 0 Å². The van der Waals surface area contributed by atoms with Crippen molar-refractivity contribution in [2.45, 2.75) is 31.7 Å². The number of benzene rings is 1. The van der Waals surface area contributed by atoms with Gasteiger partial charge in [0.2, 0.25) is 10.0 Å². The quantitative estimate of drug-likeness (QED) is 0.905. The standard InChI is InChI=1S/C13H18N4O2S/c1-10-4-5-13(6-11(10)2)20(18,19)16-7-12(3)17-9-14-8-15-17/h4-6,8-9,12,16H,7H2,1-3H3/t12-/m1/s1. The van der Waals surface area contributed by atoms with Crippen LogP contribution in [0.5, 0.6) is 0 Å². The van der Waals surface area contributed by atoms with Gasteiger partial charge in [0.05, 0.1) is 10.9 Å². The molecule has 0 radical (unpaired) electrons. The van der Waals surface area contributed by atoms with Gasteiger partial charge in [0.1, 0.15) is 12.7 Å². The molecule has 0 bridgehead atoms. The van der Waals surface area contributed by atoms with E-state index in [4.69, 9.17) is 0 Å². The molecular weight excluding hydrogens is 276 g/mol. The van der Waals surface area contributed by atoms with E-state index in [9.17, 15) is 8.42 Å². The minimum absolute atomic E-state index is 0.0983. The van der Waals surface area contributed by atoms with Gasteiger partial charge < -0.3 is 0 Å². The second-order valence-corrected chi connectivity index (χ2v) is 6.59. The molecule has 20 heavy (non-hydrogen) atoms. The molecule has 0 unspecified atom stereocenters. The number of nitrogens with zero attached hydrogens (tertiary/aromatic N) is 3. The van der Waals surface area contributed by atoms with E-state index in [1.165, 1.54) is 6.33 Å². The Labute approximate surface area is 118 Å². The first-order valence-corrected chi connectivity index (χ1v) is 7.79. The van der Waals surface area contributed by atoms with Gasteiger partial charge in [-0.15, -0.1) is 0 Å². The lowest BCUT2D eigenvalue weighted by molar-refractivity contribution is 0.478. The van der Waals surface area contributed by atoms with Gasteiger partial charge in [0.25, 0.3) is 0 Å². The summed E-state index contributed by atoms with van der Waals surface area (Å²) in [4.78, 5) is 4.13. The molecule has 0 fully saturated rings. The van der Waals surface area contributed by atoms with Gasteiger partial charge in [-0.05, 0) is 44.0 Å². The van der Waals surface area contributed by atoms with Crippen LogP contribution >= 0.6 is 0 Å². The number of rotatable bonds is 5. The highest BCUT2D eigenvalue weighted by Gasteiger charge is 2.16. The molecule has 0 saturated heterocycles. The van der Waals surface area contributed by atoms with Gasteiger partial charge in [0, 0.05) is 6.54 Å². The minimum atomic E-state index is -3.50. The van der Waals surface area contributed by atoms with E-state index in [1.54, 1.807) is 23.1 Å². The van der Waals surface area contributed by atoms with Gasteiger partial charge >= 0.3 is 0 Å². The molecule has 0 amide bonds. The fourth-order valence-corrected chi connectivity index (χ4v) is 2.94. The average molecular weight is 294 g/mol. The number of nitrogens with one attached hydrogen (secondary N) is 1. The molecule has 2 rings (SSSR count). The summed E-state index contributed by atoms with van der Waals surface area (Å²) in [5.41, 5.74) is 2.03. The van der Waals surface area contributed by atoms with Crippen molar-refractivity contribution in [2.75, 3.05) is 6.54 Å². The number of hydrogen-bond donors (Lipinski definition) is 1. The van der Waals surface area contributed by atoms with Crippen molar-refractivity contribution < 1.29 is 8.42 Å². The Morgan fingerprint density at radius 1 is 1.30 bits per heavy atom. The molecule has 1 aromatic heterocycles. The maximum Gasteiger partial charge on any atom is 0.240 e. The van der Waals surface area contributed by atoms with Crippen molar-refractivity contribution in [3.05, 3.63) is 42.0 Å². The van der Waals surface area contributed by atoms with Gasteiger partial charge in [0.15, 0.2) is 0 Å². The fourth-order valence-electron chi connectivity index (χ4n) is 1.73. The zero-order valence-electron chi connectivity index (χ0n) is 11.7. The highest BCUT2D eigenvalue weighted by atomic mass is 32.2. The molecule has 1 heterocycles. The summed E-state index contributed by atoms with van der Waals surface area (Å²) in [6.07, 6.45) is 2.99. The smallest absolute Gasteiger partial charge is 0.240 e. The van der Waals surface area contributed by atoms with Gasteiger partial charge in [-0.3, -0.25) is 0 Å². The molecule has 2 aromatic rings. The Balaban J connectivity index is 2.09. The summed E-state index contributed by atoms with van der Waals surface area (Å²) in [7, 11) is -3.50. The third kappa shape index (κ3) is 3.23. The van der Waals surface area contributed by atoms with E-state index in [1.807, 2.05) is 26.8 Å². The lowest BCUT2D eigenvalue weighted by Gasteiger charge is -2.13. The molecule has 1 N–H and O–H groups in total. The average Bonchev–Trinajstić information content (AvgIpc) is 2.93. The number of hydrogen-bond acceptors (Lipinski definition) is 4. The van der Waals surface area contributed by atoms with Crippen molar-refractivity contribution in [2.24, 2.45) is 0 Å². The fraction of sp³-hybridized carbons (Fsp3) is 0.385. The largest absolute Gasteiger partial charge is 0.249 e. The Hall–Kier alpha value is -1.73. The van der Waals surface area contributed by atoms with Gasteiger partial charge in [-0.1, -0.05) is 6.07 Å². The maximum atomic E-state index is 12.2. The van der Waals surface area contributed by atoms with Gasteiger partial charge in [-0.25, -0.2) is 22.8 Å². The van der Waals surface area contributed by atoms with Gasteiger partial charge in [-0.2, -0.15) is 5.10 Å². The van der Waals surface area contributed by atoms with Crippen LogP contribution in [0, 0.1) is 13.8 Å². The minimum Gasteiger partial charge on any atom is -0.249 e. The molecule has 1 aromatic carbocycles. The summed E-state index contributed by atoms with van der Waals surface area (Å²) in [6.45, 7) is 5.98. The van der Waals surface area contributed by atoms with Crippen LogP contribution in [0.3, 0.4) is 0 Å². The van der Waals surface area contributed by atoms with E-state index in [0.717, 1.165) is 11.1 Å². The molecule has 0 spiro atoms. The van der Waals surface area contributed by atoms with Crippen molar-refractivity contribution >= 4 is 10.0 Å². The van der Waals surface area contributed by atoms with E-state index in [-0.39, 0.29) is 17.5 Å². The van der Waals surface area contributed by atoms with Crippen LogP contribution in [0.2, 0.25) is 0 Å². The normalized spacial score (nSPS) is 13.3. The number of sulfonamides is 1. The second kappa shape index (κ2) is 5.72. The summed E-state index contributed by atoms with van der Waals surface area (Å²) in [5, 5.41) is 3.99. The van der Waals surface area contributed by atoms with Crippen molar-refractivity contribution in [3.8, 4) is 0 Å². The van der Waals surface area contributed by atoms with Crippen LogP contribution in [-0.2, 0) is 10.0 Å². The SMILES string of the molecule is Cc1ccc(S(=O)(=O)NC[C@@H](C)n2cncn2)cc1C. The number of aromatic nitrogens is 3. The van der Waals surface area contributed by atoms with Crippen LogP contribution in [-0.4, -0.2) is 29.7 Å². The van der Waals surface area contributed by atoms with E-state index < -0.39 is 10.0 Å². The monoisotopic (exact) mass is 294 g/mol. The maximum absolute atomic E-state index is 12.2. The summed E-state index contributed by atoms with van der Waals surface area (Å²) in [5.74, 6) is 0. The van der Waals surface area contributed by atoms with Crippen LogP contribution < -0.4 is 4.72 Å². The predicted octanol–water partition coefficient (Wildman–Crippen LogP) is 1.43. The molecule has 0 saturated carbocycles. The molecule has 6 nitrogen and oxygen atoms in total. The third-order valence-electron chi connectivity index (χ3n) is 3.25. The highest BCUT2D eigenvalue weighted by molar-refractivity contribution is 7.89.